The second kappa shape index (κ2) is 7.11. The Labute approximate surface area is 167 Å². The fraction of sp³-hybridized carbons (Fsp3) is 0.684. The van der Waals surface area contributed by atoms with Crippen LogP contribution >= 0.6 is 11.6 Å². The normalized spacial score (nSPS) is 42.3. The predicted octanol–water partition coefficient (Wildman–Crippen LogP) is -0.334. The van der Waals surface area contributed by atoms with Crippen LogP contribution in [0.2, 0.25) is 0 Å². The zero-order valence-electron chi connectivity index (χ0n) is 15.5. The molecule has 156 valence electrons. The van der Waals surface area contributed by atoms with E-state index in [-0.39, 0.29) is 24.3 Å². The molecule has 3 aliphatic rings. The number of fused-ring (bicyclic) bond motifs is 3. The summed E-state index contributed by atoms with van der Waals surface area (Å²) in [5.74, 6) is -3.99. The molecule has 9 heteroatoms. The van der Waals surface area contributed by atoms with Crippen LogP contribution in [-0.4, -0.2) is 74.4 Å². The molecule has 28 heavy (non-hydrogen) atoms. The van der Waals surface area contributed by atoms with Gasteiger partial charge in [-0.25, -0.2) is 9.59 Å². The van der Waals surface area contributed by atoms with Crippen LogP contribution in [-0.2, 0) is 19.1 Å². The van der Waals surface area contributed by atoms with Gasteiger partial charge >= 0.3 is 11.9 Å². The van der Waals surface area contributed by atoms with Gasteiger partial charge < -0.3 is 29.9 Å². The molecule has 3 fully saturated rings. The molecule has 0 spiro atoms. The molecule has 8 nitrogen and oxygen atoms in total. The van der Waals surface area contributed by atoms with E-state index in [0.717, 1.165) is 6.92 Å². The lowest BCUT2D eigenvalue weighted by molar-refractivity contribution is -0.177. The minimum Gasteiger partial charge on any atom is -0.459 e. The predicted molar refractivity (Wildman–Crippen MR) is 97.1 cm³/mol. The molecular formula is C19H25ClO8. The van der Waals surface area contributed by atoms with Gasteiger partial charge in [0.25, 0.3) is 0 Å². The van der Waals surface area contributed by atoms with Crippen molar-refractivity contribution < 1.29 is 39.5 Å². The summed E-state index contributed by atoms with van der Waals surface area (Å²) in [5, 5.41) is 40.6. The number of carbonyl (C=O) groups excluding carboxylic acids is 2. The summed E-state index contributed by atoms with van der Waals surface area (Å²) >= 11 is 5.98. The standard InChI is InChI=1S/C19H25ClO8/c1-8-4-11(27-17(24)18(3,25)7-21)13-9(2)16(23)28-15(13)14-10(8)5-12(22)19(14,26)6-20/h10-15,21-22,25-26H,1-2,4-7H2,3H3/t10-,11-,12+,13+,14-,15-,18-,19+/m0/s1. The number of hydrogen-bond donors (Lipinski definition) is 4. The molecular weight excluding hydrogens is 392 g/mol. The Morgan fingerprint density at radius 2 is 2.11 bits per heavy atom. The maximum Gasteiger partial charge on any atom is 0.340 e. The molecule has 2 aliphatic carbocycles. The number of carbonyl (C=O) groups is 2. The van der Waals surface area contributed by atoms with Crippen molar-refractivity contribution in [2.45, 2.75) is 49.3 Å². The van der Waals surface area contributed by atoms with Crippen molar-refractivity contribution in [1.82, 2.24) is 0 Å². The SMILES string of the molecule is C=C1C(=O)O[C@H]2[C@H]1[C@@H](OC(=O)[C@@](C)(O)CO)CC(=C)[C@@H]1C[C@@H](O)[C@](O)(CCl)[C@H]21. The van der Waals surface area contributed by atoms with Crippen LogP contribution in [0.5, 0.6) is 0 Å². The van der Waals surface area contributed by atoms with Gasteiger partial charge in [0.2, 0.25) is 0 Å². The van der Waals surface area contributed by atoms with Crippen molar-refractivity contribution in [3.8, 4) is 0 Å². The van der Waals surface area contributed by atoms with Gasteiger partial charge in [-0.15, -0.1) is 11.6 Å². The highest BCUT2D eigenvalue weighted by atomic mass is 35.5. The van der Waals surface area contributed by atoms with E-state index in [4.69, 9.17) is 21.1 Å². The molecule has 0 bridgehead atoms. The maximum absolute atomic E-state index is 12.3. The first-order valence-corrected chi connectivity index (χ1v) is 9.59. The van der Waals surface area contributed by atoms with Gasteiger partial charge in [-0.1, -0.05) is 18.7 Å². The second-order valence-electron chi connectivity index (χ2n) is 8.17. The number of ether oxygens (including phenoxy) is 2. The zero-order valence-corrected chi connectivity index (χ0v) is 16.3. The van der Waals surface area contributed by atoms with Crippen molar-refractivity contribution >= 4 is 23.5 Å². The Balaban J connectivity index is 2.01. The van der Waals surface area contributed by atoms with E-state index in [1.807, 2.05) is 0 Å². The van der Waals surface area contributed by atoms with Crippen molar-refractivity contribution in [3.05, 3.63) is 24.3 Å². The molecule has 2 saturated carbocycles. The third-order valence-electron chi connectivity index (χ3n) is 6.29. The Hall–Kier alpha value is -1.45. The molecule has 0 amide bonds. The quantitative estimate of drug-likeness (QED) is 0.212. The van der Waals surface area contributed by atoms with Crippen LogP contribution in [0.15, 0.2) is 24.3 Å². The van der Waals surface area contributed by atoms with E-state index in [9.17, 15) is 30.0 Å². The molecule has 1 saturated heterocycles. The highest BCUT2D eigenvalue weighted by Crippen LogP contribution is 2.55. The molecule has 1 aliphatic heterocycles. The monoisotopic (exact) mass is 416 g/mol. The minimum atomic E-state index is -2.11. The highest BCUT2D eigenvalue weighted by molar-refractivity contribution is 6.18. The minimum absolute atomic E-state index is 0.0678. The van der Waals surface area contributed by atoms with Crippen LogP contribution in [0.3, 0.4) is 0 Å². The van der Waals surface area contributed by atoms with E-state index in [1.54, 1.807) is 0 Å². The fourth-order valence-electron chi connectivity index (χ4n) is 4.59. The maximum atomic E-state index is 12.3. The first-order valence-electron chi connectivity index (χ1n) is 9.06. The summed E-state index contributed by atoms with van der Waals surface area (Å²) in [6, 6.07) is 0. The third-order valence-corrected chi connectivity index (χ3v) is 6.72. The van der Waals surface area contributed by atoms with Gasteiger partial charge in [0, 0.05) is 17.9 Å². The smallest absolute Gasteiger partial charge is 0.340 e. The van der Waals surface area contributed by atoms with Crippen molar-refractivity contribution in [3.63, 3.8) is 0 Å². The van der Waals surface area contributed by atoms with Crippen LogP contribution in [0.4, 0.5) is 0 Å². The van der Waals surface area contributed by atoms with Crippen LogP contribution in [0.25, 0.3) is 0 Å². The van der Waals surface area contributed by atoms with Gasteiger partial charge in [-0.2, -0.15) is 0 Å². The number of halogens is 1. The Bertz CT molecular complexity index is 719. The summed E-state index contributed by atoms with van der Waals surface area (Å²) in [5.41, 5.74) is -3.15. The number of aliphatic hydroxyl groups excluding tert-OH is 2. The van der Waals surface area contributed by atoms with Crippen LogP contribution < -0.4 is 0 Å². The summed E-state index contributed by atoms with van der Waals surface area (Å²) in [7, 11) is 0. The molecule has 3 rings (SSSR count). The number of aliphatic hydroxyl groups is 4. The number of alkyl halides is 1. The summed E-state index contributed by atoms with van der Waals surface area (Å²) in [6.07, 6.45) is -2.70. The van der Waals surface area contributed by atoms with Crippen molar-refractivity contribution in [1.29, 1.82) is 0 Å². The average molecular weight is 417 g/mol. The largest absolute Gasteiger partial charge is 0.459 e. The molecule has 4 N–H and O–H groups in total. The molecule has 0 unspecified atom stereocenters. The van der Waals surface area contributed by atoms with Gasteiger partial charge in [0.05, 0.1) is 24.5 Å². The number of hydrogen-bond acceptors (Lipinski definition) is 8. The lowest BCUT2D eigenvalue weighted by Gasteiger charge is -2.37. The lowest BCUT2D eigenvalue weighted by atomic mass is 9.76. The topological polar surface area (TPSA) is 134 Å². The number of rotatable bonds is 4. The van der Waals surface area contributed by atoms with E-state index >= 15 is 0 Å². The van der Waals surface area contributed by atoms with E-state index in [0.29, 0.717) is 5.57 Å². The van der Waals surface area contributed by atoms with Gasteiger partial charge in [0.15, 0.2) is 5.60 Å². The van der Waals surface area contributed by atoms with Crippen LogP contribution in [0.1, 0.15) is 19.8 Å². The molecule has 0 aromatic heterocycles. The van der Waals surface area contributed by atoms with E-state index < -0.39 is 65.8 Å². The molecule has 0 aromatic rings. The molecule has 1 heterocycles. The molecule has 0 aromatic carbocycles. The lowest BCUT2D eigenvalue weighted by Crippen LogP contribution is -2.52. The zero-order chi connectivity index (χ0) is 21.0. The summed E-state index contributed by atoms with van der Waals surface area (Å²) < 4.78 is 10.9. The summed E-state index contributed by atoms with van der Waals surface area (Å²) in [4.78, 5) is 24.6. The van der Waals surface area contributed by atoms with Gasteiger partial charge in [0.1, 0.15) is 17.8 Å². The highest BCUT2D eigenvalue weighted by Gasteiger charge is 2.64. The third kappa shape index (κ3) is 3.07. The first kappa shape index (κ1) is 21.3. The van der Waals surface area contributed by atoms with Crippen molar-refractivity contribution in [2.75, 3.05) is 12.5 Å². The van der Waals surface area contributed by atoms with Crippen molar-refractivity contribution in [2.24, 2.45) is 17.8 Å². The van der Waals surface area contributed by atoms with E-state index in [1.165, 1.54) is 0 Å². The van der Waals surface area contributed by atoms with E-state index in [2.05, 4.69) is 13.2 Å². The van der Waals surface area contributed by atoms with Gasteiger partial charge in [-0.05, 0) is 19.3 Å². The first-order chi connectivity index (χ1) is 13.0. The van der Waals surface area contributed by atoms with Gasteiger partial charge in [-0.3, -0.25) is 0 Å². The van der Waals surface area contributed by atoms with Crippen LogP contribution in [0, 0.1) is 17.8 Å². The summed E-state index contributed by atoms with van der Waals surface area (Å²) in [6.45, 7) is 8.04. The molecule has 0 radical (unpaired) electrons. The second-order valence-corrected chi connectivity index (χ2v) is 8.43. The number of esters is 2. The fourth-order valence-corrected chi connectivity index (χ4v) is 4.95. The molecule has 8 atom stereocenters. The average Bonchev–Trinajstić information content (AvgIpc) is 3.04. The Morgan fingerprint density at radius 1 is 1.46 bits per heavy atom. The Morgan fingerprint density at radius 3 is 2.68 bits per heavy atom. The Kier molecular flexibility index (Phi) is 5.40.